The molecule has 0 radical (unpaired) electrons. The summed E-state index contributed by atoms with van der Waals surface area (Å²) in [6.45, 7) is 2.16. The van der Waals surface area contributed by atoms with Crippen molar-refractivity contribution in [1.82, 2.24) is 9.80 Å². The van der Waals surface area contributed by atoms with Crippen molar-refractivity contribution < 1.29 is 4.79 Å². The summed E-state index contributed by atoms with van der Waals surface area (Å²) in [6, 6.07) is 11.6. The van der Waals surface area contributed by atoms with Crippen LogP contribution in [0.2, 0.25) is 0 Å². The molecule has 3 nitrogen and oxygen atoms in total. The minimum atomic E-state index is 0.374. The number of amides is 1. The predicted molar refractivity (Wildman–Crippen MR) is 89.8 cm³/mol. The van der Waals surface area contributed by atoms with Gasteiger partial charge in [0.2, 0.25) is 5.91 Å². The van der Waals surface area contributed by atoms with Crippen LogP contribution in [-0.4, -0.2) is 47.9 Å². The van der Waals surface area contributed by atoms with Crippen molar-refractivity contribution in [2.75, 3.05) is 20.1 Å². The second-order valence-corrected chi connectivity index (χ2v) is 6.83. The number of nitrogens with zero attached hydrogens (tertiary/aromatic N) is 2. The number of hydrogen-bond acceptors (Lipinski definition) is 2. The van der Waals surface area contributed by atoms with Crippen molar-refractivity contribution in [1.29, 1.82) is 0 Å². The fourth-order valence-corrected chi connectivity index (χ4v) is 4.16. The van der Waals surface area contributed by atoms with Crippen LogP contribution in [-0.2, 0) is 11.2 Å². The Morgan fingerprint density at radius 3 is 2.55 bits per heavy atom. The first-order valence-electron chi connectivity index (χ1n) is 8.79. The zero-order chi connectivity index (χ0) is 15.4. The van der Waals surface area contributed by atoms with E-state index in [2.05, 4.69) is 41.1 Å². The van der Waals surface area contributed by atoms with E-state index in [-0.39, 0.29) is 0 Å². The zero-order valence-electron chi connectivity index (χ0n) is 13.7. The predicted octanol–water partition coefficient (Wildman–Crippen LogP) is 3.09. The lowest BCUT2D eigenvalue weighted by Crippen LogP contribution is -2.47. The van der Waals surface area contributed by atoms with Gasteiger partial charge in [0, 0.05) is 25.0 Å². The molecule has 1 aromatic rings. The largest absolute Gasteiger partial charge is 0.338 e. The lowest BCUT2D eigenvalue weighted by atomic mass is 10.0. The third-order valence-corrected chi connectivity index (χ3v) is 5.34. The average molecular weight is 300 g/mol. The number of likely N-dealkylation sites (N-methyl/N-ethyl adjacent to an activating group) is 1. The molecule has 0 N–H and O–H groups in total. The van der Waals surface area contributed by atoms with Gasteiger partial charge >= 0.3 is 0 Å². The van der Waals surface area contributed by atoms with Crippen LogP contribution in [0.5, 0.6) is 0 Å². The van der Waals surface area contributed by atoms with Gasteiger partial charge in [0.15, 0.2) is 0 Å². The Morgan fingerprint density at radius 2 is 1.82 bits per heavy atom. The molecule has 3 heteroatoms. The number of likely N-dealkylation sites (tertiary alicyclic amines) is 2. The zero-order valence-corrected chi connectivity index (χ0v) is 13.7. The Morgan fingerprint density at radius 1 is 1.09 bits per heavy atom. The number of hydrogen-bond donors (Lipinski definition) is 0. The summed E-state index contributed by atoms with van der Waals surface area (Å²) in [5, 5.41) is 0. The fourth-order valence-electron chi connectivity index (χ4n) is 4.16. The van der Waals surface area contributed by atoms with Gasteiger partial charge in [-0.15, -0.1) is 0 Å². The molecule has 0 saturated carbocycles. The molecule has 0 aliphatic carbocycles. The molecule has 3 rings (SSSR count). The number of aryl methyl sites for hydroxylation is 1. The molecule has 2 atom stereocenters. The molecule has 120 valence electrons. The van der Waals surface area contributed by atoms with Crippen molar-refractivity contribution in [3.05, 3.63) is 35.9 Å². The quantitative estimate of drug-likeness (QED) is 0.834. The first-order chi connectivity index (χ1) is 10.8. The van der Waals surface area contributed by atoms with Crippen molar-refractivity contribution >= 4 is 5.91 Å². The van der Waals surface area contributed by atoms with Crippen LogP contribution in [0.15, 0.2) is 30.3 Å². The highest BCUT2D eigenvalue weighted by atomic mass is 16.2. The third kappa shape index (κ3) is 3.52. The van der Waals surface area contributed by atoms with Crippen LogP contribution in [0, 0.1) is 0 Å². The molecule has 22 heavy (non-hydrogen) atoms. The van der Waals surface area contributed by atoms with E-state index in [1.54, 1.807) is 0 Å². The van der Waals surface area contributed by atoms with E-state index in [1.165, 1.54) is 37.8 Å². The van der Waals surface area contributed by atoms with Gasteiger partial charge in [-0.3, -0.25) is 4.79 Å². The number of benzene rings is 1. The van der Waals surface area contributed by atoms with E-state index in [9.17, 15) is 4.79 Å². The van der Waals surface area contributed by atoms with Crippen LogP contribution in [0.4, 0.5) is 0 Å². The van der Waals surface area contributed by atoms with Crippen LogP contribution in [0.25, 0.3) is 0 Å². The standard InChI is InChI=1S/C19H28N2O/c1-20-14-6-11-17(20)18-12-7-15-21(18)19(22)13-5-10-16-8-3-2-4-9-16/h2-4,8-9,17-18H,5-7,10-15H2,1H3/t17-,18+/m0/s1. The monoisotopic (exact) mass is 300 g/mol. The van der Waals surface area contributed by atoms with E-state index in [1.807, 2.05) is 6.07 Å². The Hall–Kier alpha value is -1.35. The first-order valence-corrected chi connectivity index (χ1v) is 8.79. The molecule has 0 unspecified atom stereocenters. The Kier molecular flexibility index (Phi) is 5.14. The van der Waals surface area contributed by atoms with Gasteiger partial charge in [-0.05, 0) is 57.7 Å². The molecular formula is C19H28N2O. The Balaban J connectivity index is 1.50. The topological polar surface area (TPSA) is 23.6 Å². The van der Waals surface area contributed by atoms with E-state index in [0.717, 1.165) is 19.4 Å². The van der Waals surface area contributed by atoms with Gasteiger partial charge in [0.25, 0.3) is 0 Å². The molecule has 0 aromatic heterocycles. The molecule has 2 aliphatic heterocycles. The van der Waals surface area contributed by atoms with E-state index < -0.39 is 0 Å². The molecule has 2 fully saturated rings. The summed E-state index contributed by atoms with van der Waals surface area (Å²) in [5.74, 6) is 0.374. The van der Waals surface area contributed by atoms with Crippen LogP contribution < -0.4 is 0 Å². The van der Waals surface area contributed by atoms with Gasteiger partial charge in [0.1, 0.15) is 0 Å². The minimum absolute atomic E-state index is 0.374. The molecule has 2 heterocycles. The van der Waals surface area contributed by atoms with Crippen LogP contribution in [0.1, 0.15) is 44.1 Å². The summed E-state index contributed by atoms with van der Waals surface area (Å²) < 4.78 is 0. The second kappa shape index (κ2) is 7.28. The summed E-state index contributed by atoms with van der Waals surface area (Å²) in [5.41, 5.74) is 1.34. The van der Waals surface area contributed by atoms with Gasteiger partial charge < -0.3 is 9.80 Å². The molecule has 0 spiro atoms. The summed E-state index contributed by atoms with van der Waals surface area (Å²) >= 11 is 0. The molecular weight excluding hydrogens is 272 g/mol. The Labute approximate surface area is 134 Å². The molecule has 0 bridgehead atoms. The normalized spacial score (nSPS) is 25.8. The SMILES string of the molecule is CN1CCC[C@H]1[C@H]1CCCN1C(=O)CCCc1ccccc1. The van der Waals surface area contributed by atoms with E-state index in [0.29, 0.717) is 24.4 Å². The van der Waals surface area contributed by atoms with Crippen molar-refractivity contribution in [3.8, 4) is 0 Å². The van der Waals surface area contributed by atoms with Crippen LogP contribution in [0.3, 0.4) is 0 Å². The van der Waals surface area contributed by atoms with Crippen molar-refractivity contribution in [3.63, 3.8) is 0 Å². The maximum Gasteiger partial charge on any atom is 0.222 e. The van der Waals surface area contributed by atoms with Gasteiger partial charge in [-0.25, -0.2) is 0 Å². The van der Waals surface area contributed by atoms with Crippen molar-refractivity contribution in [2.45, 2.75) is 57.0 Å². The minimum Gasteiger partial charge on any atom is -0.338 e. The van der Waals surface area contributed by atoms with Crippen LogP contribution >= 0.6 is 0 Å². The number of carbonyl (C=O) groups is 1. The summed E-state index contributed by atoms with van der Waals surface area (Å²) in [4.78, 5) is 17.3. The Bertz CT molecular complexity index is 487. The van der Waals surface area contributed by atoms with Gasteiger partial charge in [-0.2, -0.15) is 0 Å². The lowest BCUT2D eigenvalue weighted by Gasteiger charge is -2.33. The van der Waals surface area contributed by atoms with Gasteiger partial charge in [-0.1, -0.05) is 30.3 Å². The lowest BCUT2D eigenvalue weighted by molar-refractivity contribution is -0.133. The fraction of sp³-hybridized carbons (Fsp3) is 0.632. The average Bonchev–Trinajstić information content (AvgIpc) is 3.16. The van der Waals surface area contributed by atoms with E-state index >= 15 is 0 Å². The number of rotatable bonds is 5. The molecule has 2 saturated heterocycles. The summed E-state index contributed by atoms with van der Waals surface area (Å²) in [6.07, 6.45) is 7.59. The molecule has 1 aromatic carbocycles. The maximum atomic E-state index is 12.6. The molecule has 2 aliphatic rings. The number of carbonyl (C=O) groups excluding carboxylic acids is 1. The smallest absolute Gasteiger partial charge is 0.222 e. The first kappa shape index (κ1) is 15.5. The highest BCUT2D eigenvalue weighted by Crippen LogP contribution is 2.29. The van der Waals surface area contributed by atoms with Gasteiger partial charge in [0.05, 0.1) is 0 Å². The second-order valence-electron chi connectivity index (χ2n) is 6.83. The van der Waals surface area contributed by atoms with Crippen molar-refractivity contribution in [2.24, 2.45) is 0 Å². The highest BCUT2D eigenvalue weighted by Gasteiger charge is 2.37. The highest BCUT2D eigenvalue weighted by molar-refractivity contribution is 5.77. The maximum absolute atomic E-state index is 12.6. The third-order valence-electron chi connectivity index (χ3n) is 5.34. The summed E-state index contributed by atoms with van der Waals surface area (Å²) in [7, 11) is 2.22. The van der Waals surface area contributed by atoms with E-state index in [4.69, 9.17) is 0 Å². The molecule has 1 amide bonds.